The summed E-state index contributed by atoms with van der Waals surface area (Å²) < 4.78 is 0.683. The number of halogens is 1. The van der Waals surface area contributed by atoms with Crippen molar-refractivity contribution in [3.05, 3.63) is 32.7 Å². The van der Waals surface area contributed by atoms with Gasteiger partial charge in [0.05, 0.1) is 0 Å². The molecule has 1 aromatic rings. The van der Waals surface area contributed by atoms with E-state index in [0.717, 1.165) is 12.8 Å². The Hall–Kier alpha value is -1.10. The van der Waals surface area contributed by atoms with Crippen molar-refractivity contribution in [1.29, 1.82) is 0 Å². The molecule has 82 valence electrons. The van der Waals surface area contributed by atoms with Gasteiger partial charge in [0.25, 0.3) is 11.5 Å². The summed E-state index contributed by atoms with van der Waals surface area (Å²) >= 11 is 3.20. The highest BCUT2D eigenvalue weighted by atomic mass is 79.9. The Labute approximate surface area is 96.2 Å². The number of carbonyl (C=O) groups is 1. The van der Waals surface area contributed by atoms with Crippen LogP contribution in [0.15, 0.2) is 21.5 Å². The summed E-state index contributed by atoms with van der Waals surface area (Å²) in [5, 5.41) is 2.69. The van der Waals surface area contributed by atoms with Crippen molar-refractivity contribution in [2.75, 3.05) is 6.54 Å². The van der Waals surface area contributed by atoms with E-state index in [-0.39, 0.29) is 17.0 Å². The molecule has 0 bridgehead atoms. The van der Waals surface area contributed by atoms with Crippen molar-refractivity contribution < 1.29 is 4.79 Å². The first-order valence-electron chi connectivity index (χ1n) is 4.81. The van der Waals surface area contributed by atoms with Gasteiger partial charge < -0.3 is 10.3 Å². The second-order valence-corrected chi connectivity index (χ2v) is 4.09. The number of aromatic nitrogens is 1. The first kappa shape index (κ1) is 12.0. The summed E-state index contributed by atoms with van der Waals surface area (Å²) in [5.41, 5.74) is -0.229. The largest absolute Gasteiger partial charge is 0.352 e. The van der Waals surface area contributed by atoms with Crippen LogP contribution in [-0.4, -0.2) is 17.4 Å². The molecule has 4 nitrogen and oxygen atoms in total. The molecular weight excluding hydrogens is 260 g/mol. The third kappa shape index (κ3) is 3.51. The minimum atomic E-state index is -0.368. The highest BCUT2D eigenvalue weighted by Crippen LogP contribution is 2.06. The van der Waals surface area contributed by atoms with E-state index >= 15 is 0 Å². The smallest absolute Gasteiger partial charge is 0.260 e. The van der Waals surface area contributed by atoms with E-state index in [1.165, 1.54) is 12.3 Å². The maximum Gasteiger partial charge on any atom is 0.260 e. The maximum absolute atomic E-state index is 11.5. The Balaban J connectivity index is 2.73. The lowest BCUT2D eigenvalue weighted by Crippen LogP contribution is -2.30. The Morgan fingerprint density at radius 1 is 1.60 bits per heavy atom. The van der Waals surface area contributed by atoms with Gasteiger partial charge in [0.2, 0.25) is 0 Å². The first-order chi connectivity index (χ1) is 7.15. The third-order valence-corrected chi connectivity index (χ3v) is 2.39. The van der Waals surface area contributed by atoms with Crippen LogP contribution < -0.4 is 10.9 Å². The van der Waals surface area contributed by atoms with Crippen LogP contribution in [0.25, 0.3) is 0 Å². The number of hydrogen-bond donors (Lipinski definition) is 2. The lowest BCUT2D eigenvalue weighted by Gasteiger charge is -2.03. The molecule has 0 aromatic carbocycles. The quantitative estimate of drug-likeness (QED) is 0.820. The number of carbonyl (C=O) groups excluding carboxylic acids is 1. The Morgan fingerprint density at radius 3 is 3.00 bits per heavy atom. The van der Waals surface area contributed by atoms with Crippen LogP contribution in [0.3, 0.4) is 0 Å². The monoisotopic (exact) mass is 272 g/mol. The molecule has 1 heterocycles. The number of pyridine rings is 1. The van der Waals surface area contributed by atoms with Crippen LogP contribution in [0.2, 0.25) is 0 Å². The van der Waals surface area contributed by atoms with E-state index < -0.39 is 0 Å². The second kappa shape index (κ2) is 5.70. The van der Waals surface area contributed by atoms with E-state index in [0.29, 0.717) is 11.0 Å². The Kier molecular flexibility index (Phi) is 4.55. The van der Waals surface area contributed by atoms with Gasteiger partial charge in [-0.3, -0.25) is 9.59 Å². The minimum Gasteiger partial charge on any atom is -0.352 e. The molecule has 0 saturated heterocycles. The lowest BCUT2D eigenvalue weighted by atomic mass is 10.2. The average molecular weight is 273 g/mol. The van der Waals surface area contributed by atoms with Crippen LogP contribution in [0, 0.1) is 0 Å². The molecule has 2 N–H and O–H groups in total. The zero-order valence-electron chi connectivity index (χ0n) is 8.47. The summed E-state index contributed by atoms with van der Waals surface area (Å²) in [7, 11) is 0. The highest BCUT2D eigenvalue weighted by molar-refractivity contribution is 9.10. The van der Waals surface area contributed by atoms with E-state index in [2.05, 4.69) is 26.2 Å². The van der Waals surface area contributed by atoms with Crippen molar-refractivity contribution in [3.8, 4) is 0 Å². The number of rotatable bonds is 4. The fourth-order valence-corrected chi connectivity index (χ4v) is 1.44. The molecule has 1 rings (SSSR count). The van der Waals surface area contributed by atoms with Crippen molar-refractivity contribution in [2.24, 2.45) is 0 Å². The molecule has 0 unspecified atom stereocenters. The molecule has 0 atom stereocenters. The predicted octanol–water partition coefficient (Wildman–Crippen LogP) is 1.67. The summed E-state index contributed by atoms with van der Waals surface area (Å²) in [6.45, 7) is 2.64. The zero-order chi connectivity index (χ0) is 11.3. The van der Waals surface area contributed by atoms with E-state index in [4.69, 9.17) is 0 Å². The zero-order valence-corrected chi connectivity index (χ0v) is 10.1. The SMILES string of the molecule is CCCCNC(=O)c1cc(Br)c[nH]c1=O. The minimum absolute atomic E-state index is 0.139. The van der Waals surface area contributed by atoms with Gasteiger partial charge in [-0.25, -0.2) is 0 Å². The van der Waals surface area contributed by atoms with Gasteiger partial charge in [0, 0.05) is 17.2 Å². The fourth-order valence-electron chi connectivity index (χ4n) is 1.10. The first-order valence-corrected chi connectivity index (χ1v) is 5.61. The Morgan fingerprint density at radius 2 is 2.33 bits per heavy atom. The average Bonchev–Trinajstić information content (AvgIpc) is 2.22. The number of unbranched alkanes of at least 4 members (excludes halogenated alkanes) is 1. The van der Waals surface area contributed by atoms with Crippen molar-refractivity contribution in [1.82, 2.24) is 10.3 Å². The van der Waals surface area contributed by atoms with E-state index in [1.807, 2.05) is 6.92 Å². The van der Waals surface area contributed by atoms with Gasteiger partial charge in [-0.05, 0) is 28.4 Å². The van der Waals surface area contributed by atoms with Crippen LogP contribution in [-0.2, 0) is 0 Å². The molecular formula is C10H13BrN2O2. The number of amides is 1. The fraction of sp³-hybridized carbons (Fsp3) is 0.400. The second-order valence-electron chi connectivity index (χ2n) is 3.17. The molecule has 15 heavy (non-hydrogen) atoms. The van der Waals surface area contributed by atoms with Crippen molar-refractivity contribution in [2.45, 2.75) is 19.8 Å². The molecule has 0 aliphatic rings. The van der Waals surface area contributed by atoms with E-state index in [1.54, 1.807) is 0 Å². The molecule has 0 spiro atoms. The molecule has 0 radical (unpaired) electrons. The highest BCUT2D eigenvalue weighted by Gasteiger charge is 2.09. The third-order valence-electron chi connectivity index (χ3n) is 1.93. The predicted molar refractivity (Wildman–Crippen MR) is 62.0 cm³/mol. The normalized spacial score (nSPS) is 10.0. The molecule has 0 fully saturated rings. The van der Waals surface area contributed by atoms with Crippen molar-refractivity contribution in [3.63, 3.8) is 0 Å². The van der Waals surface area contributed by atoms with Crippen LogP contribution >= 0.6 is 15.9 Å². The number of hydrogen-bond acceptors (Lipinski definition) is 2. The van der Waals surface area contributed by atoms with Crippen LogP contribution in [0.4, 0.5) is 0 Å². The van der Waals surface area contributed by atoms with Crippen LogP contribution in [0.1, 0.15) is 30.1 Å². The summed E-state index contributed by atoms with van der Waals surface area (Å²) in [6, 6.07) is 1.51. The summed E-state index contributed by atoms with van der Waals surface area (Å²) in [4.78, 5) is 25.3. The van der Waals surface area contributed by atoms with Gasteiger partial charge in [0.1, 0.15) is 5.56 Å². The molecule has 0 saturated carbocycles. The van der Waals surface area contributed by atoms with Crippen LogP contribution in [0.5, 0.6) is 0 Å². The standard InChI is InChI=1S/C10H13BrN2O2/c1-2-3-4-12-9(14)8-5-7(11)6-13-10(8)15/h5-6H,2-4H2,1H3,(H,12,14)(H,13,15). The summed E-state index contributed by atoms with van der Waals surface area (Å²) in [5.74, 6) is -0.328. The van der Waals surface area contributed by atoms with Gasteiger partial charge in [-0.15, -0.1) is 0 Å². The Bertz CT molecular complexity index is 401. The molecule has 0 aliphatic heterocycles. The topological polar surface area (TPSA) is 62.0 Å². The lowest BCUT2D eigenvalue weighted by molar-refractivity contribution is 0.0951. The van der Waals surface area contributed by atoms with E-state index in [9.17, 15) is 9.59 Å². The number of nitrogens with one attached hydrogen (secondary N) is 2. The van der Waals surface area contributed by atoms with Crippen molar-refractivity contribution >= 4 is 21.8 Å². The number of aromatic amines is 1. The van der Waals surface area contributed by atoms with Gasteiger partial charge in [-0.2, -0.15) is 0 Å². The molecule has 1 aromatic heterocycles. The molecule has 0 aliphatic carbocycles. The molecule has 5 heteroatoms. The summed E-state index contributed by atoms with van der Waals surface area (Å²) in [6.07, 6.45) is 3.43. The maximum atomic E-state index is 11.5. The molecule has 1 amide bonds. The van der Waals surface area contributed by atoms with Gasteiger partial charge in [0.15, 0.2) is 0 Å². The van der Waals surface area contributed by atoms with Gasteiger partial charge in [-0.1, -0.05) is 13.3 Å². The van der Waals surface area contributed by atoms with Gasteiger partial charge >= 0.3 is 0 Å². The number of H-pyrrole nitrogens is 1.